The van der Waals surface area contributed by atoms with Crippen LogP contribution >= 0.6 is 0 Å². The fourth-order valence-electron chi connectivity index (χ4n) is 1.11. The van der Waals surface area contributed by atoms with E-state index in [9.17, 15) is 9.59 Å². The number of nitrogens with zero attached hydrogens (tertiary/aromatic N) is 1. The molecular formula is C10H10N2O3. The van der Waals surface area contributed by atoms with Crippen LogP contribution in [0.15, 0.2) is 29.4 Å². The molecule has 0 unspecified atom stereocenters. The molecule has 1 aromatic carbocycles. The number of benzene rings is 1. The predicted molar refractivity (Wildman–Crippen MR) is 55.1 cm³/mol. The van der Waals surface area contributed by atoms with Gasteiger partial charge in [-0.2, -0.15) is 0 Å². The van der Waals surface area contributed by atoms with Crippen molar-refractivity contribution in [3.8, 4) is 0 Å². The summed E-state index contributed by atoms with van der Waals surface area (Å²) >= 11 is 0. The monoisotopic (exact) mass is 206 g/mol. The molecule has 0 aliphatic heterocycles. The van der Waals surface area contributed by atoms with E-state index in [1.165, 1.54) is 6.92 Å². The Kier molecular flexibility index (Phi) is 3.56. The molecule has 0 saturated heterocycles. The summed E-state index contributed by atoms with van der Waals surface area (Å²) in [6, 6.07) is 6.47. The van der Waals surface area contributed by atoms with Gasteiger partial charge in [-0.05, 0) is 12.1 Å². The van der Waals surface area contributed by atoms with Crippen LogP contribution in [0.25, 0.3) is 0 Å². The second-order valence-corrected chi connectivity index (χ2v) is 2.87. The minimum atomic E-state index is -0.208. The van der Waals surface area contributed by atoms with Gasteiger partial charge in [0, 0.05) is 18.2 Å². The average Bonchev–Trinajstić information content (AvgIpc) is 2.19. The van der Waals surface area contributed by atoms with E-state index < -0.39 is 0 Å². The first-order chi connectivity index (χ1) is 7.17. The van der Waals surface area contributed by atoms with Gasteiger partial charge >= 0.3 is 0 Å². The number of nitrogens with one attached hydrogen (secondary N) is 1. The highest BCUT2D eigenvalue weighted by molar-refractivity contribution is 6.36. The molecule has 5 nitrogen and oxygen atoms in total. The zero-order valence-electron chi connectivity index (χ0n) is 8.10. The summed E-state index contributed by atoms with van der Waals surface area (Å²) in [6.45, 7) is 1.38. The van der Waals surface area contributed by atoms with Crippen molar-refractivity contribution in [1.82, 2.24) is 0 Å². The van der Waals surface area contributed by atoms with E-state index in [2.05, 4.69) is 10.5 Å². The Morgan fingerprint density at radius 2 is 2.27 bits per heavy atom. The minimum absolute atomic E-state index is 0.0813. The van der Waals surface area contributed by atoms with Crippen LogP contribution in [0.5, 0.6) is 0 Å². The van der Waals surface area contributed by atoms with Gasteiger partial charge in [0.25, 0.3) is 0 Å². The van der Waals surface area contributed by atoms with Crippen LogP contribution in [0.2, 0.25) is 0 Å². The lowest BCUT2D eigenvalue weighted by atomic mass is 10.1. The van der Waals surface area contributed by atoms with Gasteiger partial charge in [-0.1, -0.05) is 17.3 Å². The molecule has 0 aromatic heterocycles. The molecule has 0 atom stereocenters. The summed E-state index contributed by atoms with van der Waals surface area (Å²) in [5, 5.41) is 13.9. The molecule has 0 radical (unpaired) electrons. The van der Waals surface area contributed by atoms with Crippen LogP contribution in [0.4, 0.5) is 5.69 Å². The third-order valence-corrected chi connectivity index (χ3v) is 1.70. The molecule has 78 valence electrons. The largest absolute Gasteiger partial charge is 0.410 e. The zero-order chi connectivity index (χ0) is 11.3. The van der Waals surface area contributed by atoms with Crippen LogP contribution in [0.3, 0.4) is 0 Å². The topological polar surface area (TPSA) is 78.8 Å². The predicted octanol–water partition coefficient (Wildman–Crippen LogP) is 1.02. The van der Waals surface area contributed by atoms with Gasteiger partial charge in [-0.15, -0.1) is 0 Å². The standard InChI is InChI=1S/C10H10N2O3/c1-7(14)11-9-4-2-3-8(5-9)10(6-13)12-15/h2-6,15H,1H3,(H,11,14). The van der Waals surface area contributed by atoms with E-state index in [4.69, 9.17) is 5.21 Å². The molecule has 5 heteroatoms. The quantitative estimate of drug-likeness (QED) is 0.335. The van der Waals surface area contributed by atoms with Crippen molar-refractivity contribution in [1.29, 1.82) is 0 Å². The summed E-state index contributed by atoms with van der Waals surface area (Å²) in [5.74, 6) is -0.208. The van der Waals surface area contributed by atoms with Crippen molar-refractivity contribution in [3.63, 3.8) is 0 Å². The SMILES string of the molecule is CC(=O)Nc1cccc(C(C=O)=NO)c1. The Labute approximate surface area is 86.4 Å². The smallest absolute Gasteiger partial charge is 0.221 e. The molecule has 0 aliphatic rings. The fraction of sp³-hybridized carbons (Fsp3) is 0.100. The van der Waals surface area contributed by atoms with Crippen LogP contribution in [0.1, 0.15) is 12.5 Å². The molecule has 1 rings (SSSR count). The van der Waals surface area contributed by atoms with Crippen LogP contribution in [-0.2, 0) is 9.59 Å². The van der Waals surface area contributed by atoms with Gasteiger partial charge in [0.1, 0.15) is 5.71 Å². The number of aldehydes is 1. The maximum Gasteiger partial charge on any atom is 0.221 e. The number of carbonyl (C=O) groups excluding carboxylic acids is 2. The first kappa shape index (κ1) is 10.9. The van der Waals surface area contributed by atoms with Crippen molar-refractivity contribution in [2.75, 3.05) is 5.32 Å². The summed E-state index contributed by atoms with van der Waals surface area (Å²) in [7, 11) is 0. The van der Waals surface area contributed by atoms with Gasteiger partial charge in [-0.3, -0.25) is 9.59 Å². The van der Waals surface area contributed by atoms with Crippen molar-refractivity contribution >= 4 is 23.6 Å². The van der Waals surface area contributed by atoms with Gasteiger partial charge < -0.3 is 10.5 Å². The second kappa shape index (κ2) is 4.90. The number of hydrogen-bond donors (Lipinski definition) is 2. The number of rotatable bonds is 3. The third kappa shape index (κ3) is 2.91. The molecule has 0 bridgehead atoms. The third-order valence-electron chi connectivity index (χ3n) is 1.70. The normalized spacial score (nSPS) is 10.9. The first-order valence-electron chi connectivity index (χ1n) is 4.22. The number of hydrogen-bond acceptors (Lipinski definition) is 4. The molecule has 0 fully saturated rings. The molecule has 2 N–H and O–H groups in total. The lowest BCUT2D eigenvalue weighted by Gasteiger charge is -2.03. The Balaban J connectivity index is 3.01. The second-order valence-electron chi connectivity index (χ2n) is 2.87. The summed E-state index contributed by atoms with van der Waals surface area (Å²) in [5.41, 5.74) is 0.906. The molecule has 0 saturated carbocycles. The van der Waals surface area contributed by atoms with Crippen LogP contribution < -0.4 is 5.32 Å². The van der Waals surface area contributed by atoms with E-state index in [0.717, 1.165) is 0 Å². The molecule has 1 aromatic rings. The van der Waals surface area contributed by atoms with E-state index >= 15 is 0 Å². The molecule has 0 heterocycles. The zero-order valence-corrected chi connectivity index (χ0v) is 8.10. The molecular weight excluding hydrogens is 196 g/mol. The maximum absolute atomic E-state index is 10.8. The van der Waals surface area contributed by atoms with E-state index in [0.29, 0.717) is 17.5 Å². The van der Waals surface area contributed by atoms with Gasteiger partial charge in [0.2, 0.25) is 5.91 Å². The Morgan fingerprint density at radius 3 is 2.80 bits per heavy atom. The lowest BCUT2D eigenvalue weighted by molar-refractivity contribution is -0.114. The van der Waals surface area contributed by atoms with E-state index in [1.807, 2.05) is 0 Å². The highest BCUT2D eigenvalue weighted by atomic mass is 16.4. The molecule has 0 aliphatic carbocycles. The van der Waals surface area contributed by atoms with Crippen molar-refractivity contribution in [3.05, 3.63) is 29.8 Å². The molecule has 0 spiro atoms. The molecule has 1 amide bonds. The Hall–Kier alpha value is -2.17. The van der Waals surface area contributed by atoms with E-state index in [-0.39, 0.29) is 11.6 Å². The molecule has 15 heavy (non-hydrogen) atoms. The highest BCUT2D eigenvalue weighted by Crippen LogP contribution is 2.10. The van der Waals surface area contributed by atoms with Crippen molar-refractivity contribution in [2.24, 2.45) is 5.16 Å². The lowest BCUT2D eigenvalue weighted by Crippen LogP contribution is -2.07. The van der Waals surface area contributed by atoms with Crippen molar-refractivity contribution in [2.45, 2.75) is 6.92 Å². The number of carbonyl (C=O) groups is 2. The fourth-order valence-corrected chi connectivity index (χ4v) is 1.11. The van der Waals surface area contributed by atoms with Gasteiger partial charge in [0.05, 0.1) is 0 Å². The van der Waals surface area contributed by atoms with Crippen LogP contribution in [-0.4, -0.2) is 23.1 Å². The highest BCUT2D eigenvalue weighted by Gasteiger charge is 2.04. The summed E-state index contributed by atoms with van der Waals surface area (Å²) in [6.07, 6.45) is 0.437. The Morgan fingerprint density at radius 1 is 1.53 bits per heavy atom. The first-order valence-corrected chi connectivity index (χ1v) is 4.22. The van der Waals surface area contributed by atoms with Gasteiger partial charge in [0.15, 0.2) is 6.29 Å². The van der Waals surface area contributed by atoms with E-state index in [1.54, 1.807) is 24.3 Å². The minimum Gasteiger partial charge on any atom is -0.410 e. The number of oxime groups is 1. The van der Waals surface area contributed by atoms with Crippen molar-refractivity contribution < 1.29 is 14.8 Å². The summed E-state index contributed by atoms with van der Waals surface area (Å²) < 4.78 is 0. The number of amides is 1. The number of anilines is 1. The van der Waals surface area contributed by atoms with Gasteiger partial charge in [-0.25, -0.2) is 0 Å². The Bertz CT molecular complexity index is 413. The average molecular weight is 206 g/mol. The van der Waals surface area contributed by atoms with Crippen LogP contribution in [0, 0.1) is 0 Å². The maximum atomic E-state index is 10.8. The summed E-state index contributed by atoms with van der Waals surface area (Å²) in [4.78, 5) is 21.3.